The number of H-pyrrole nitrogens is 1. The third-order valence-electron chi connectivity index (χ3n) is 4.86. The van der Waals surface area contributed by atoms with Crippen LogP contribution in [0.15, 0.2) is 24.3 Å². The van der Waals surface area contributed by atoms with E-state index < -0.39 is 5.41 Å². The van der Waals surface area contributed by atoms with Crippen LogP contribution in [0, 0.1) is 11.3 Å². The number of nitrogens with zero attached hydrogens (tertiary/aromatic N) is 3. The lowest BCUT2D eigenvalue weighted by Crippen LogP contribution is -2.47. The van der Waals surface area contributed by atoms with Crippen LogP contribution in [0.25, 0.3) is 11.4 Å². The number of anilines is 1. The Morgan fingerprint density at radius 1 is 1.28 bits per heavy atom. The first-order valence-corrected chi connectivity index (χ1v) is 9.60. The van der Waals surface area contributed by atoms with E-state index in [0.29, 0.717) is 30.4 Å². The minimum atomic E-state index is -0.432. The third-order valence-corrected chi connectivity index (χ3v) is 4.86. The number of nitrogens with one attached hydrogen (secondary N) is 2. The standard InChI is InChI=1S/C20H28N6O2.ClH/c1-20(2,3)19(28)26-10-4-5-14(12-26)18(27)22-15-8-6-13(7-9-15)17-23-16(11-21)24-25-17;/h6-9,14H,4-5,10-12,21H2,1-3H3,(H,22,27)(H,23,24,25);1H. The zero-order chi connectivity index (χ0) is 20.3. The zero-order valence-corrected chi connectivity index (χ0v) is 17.9. The van der Waals surface area contributed by atoms with Gasteiger partial charge in [0.1, 0.15) is 5.82 Å². The largest absolute Gasteiger partial charge is 0.341 e. The normalized spacial score (nSPS) is 16.8. The maximum Gasteiger partial charge on any atom is 0.229 e. The van der Waals surface area contributed by atoms with Crippen LogP contribution in [0.5, 0.6) is 0 Å². The summed E-state index contributed by atoms with van der Waals surface area (Å²) in [6.07, 6.45) is 1.63. The summed E-state index contributed by atoms with van der Waals surface area (Å²) in [6.45, 7) is 7.22. The van der Waals surface area contributed by atoms with Crippen LogP contribution in [-0.2, 0) is 16.1 Å². The second-order valence-corrected chi connectivity index (χ2v) is 8.22. The molecule has 1 unspecified atom stereocenters. The van der Waals surface area contributed by atoms with E-state index in [0.717, 1.165) is 24.9 Å². The molecule has 1 atom stereocenters. The molecule has 8 nitrogen and oxygen atoms in total. The summed E-state index contributed by atoms with van der Waals surface area (Å²) in [5.41, 5.74) is 6.66. The third kappa shape index (κ3) is 5.55. The van der Waals surface area contributed by atoms with Crippen LogP contribution < -0.4 is 11.1 Å². The van der Waals surface area contributed by atoms with Crippen molar-refractivity contribution in [2.75, 3.05) is 18.4 Å². The number of aromatic amines is 1. The van der Waals surface area contributed by atoms with Gasteiger partial charge < -0.3 is 16.0 Å². The van der Waals surface area contributed by atoms with Crippen molar-refractivity contribution in [2.45, 2.75) is 40.2 Å². The van der Waals surface area contributed by atoms with Gasteiger partial charge in [-0.05, 0) is 37.1 Å². The number of hydrogen-bond acceptors (Lipinski definition) is 5. The number of amides is 2. The van der Waals surface area contributed by atoms with Crippen molar-refractivity contribution in [3.05, 3.63) is 30.1 Å². The average molecular weight is 421 g/mol. The molecule has 0 radical (unpaired) electrons. The molecular weight excluding hydrogens is 392 g/mol. The second kappa shape index (κ2) is 9.37. The van der Waals surface area contributed by atoms with E-state index in [1.54, 1.807) is 0 Å². The van der Waals surface area contributed by atoms with Gasteiger partial charge in [0.05, 0.1) is 12.5 Å². The van der Waals surface area contributed by atoms with Crippen molar-refractivity contribution in [3.8, 4) is 11.4 Å². The molecule has 0 spiro atoms. The topological polar surface area (TPSA) is 117 Å². The van der Waals surface area contributed by atoms with Crippen molar-refractivity contribution >= 4 is 29.9 Å². The molecule has 29 heavy (non-hydrogen) atoms. The summed E-state index contributed by atoms with van der Waals surface area (Å²) in [6, 6.07) is 7.37. The molecule has 2 aromatic rings. The van der Waals surface area contributed by atoms with E-state index in [-0.39, 0.29) is 30.1 Å². The van der Waals surface area contributed by atoms with Gasteiger partial charge in [0.15, 0.2) is 5.82 Å². The molecule has 1 saturated heterocycles. The highest BCUT2D eigenvalue weighted by Crippen LogP contribution is 2.25. The molecule has 1 aromatic heterocycles. The Morgan fingerprint density at radius 3 is 2.55 bits per heavy atom. The number of nitrogens with two attached hydrogens (primary N) is 1. The Balaban J connectivity index is 0.00000300. The Bertz CT molecular complexity index is 843. The molecule has 1 fully saturated rings. The van der Waals surface area contributed by atoms with Crippen LogP contribution in [0.3, 0.4) is 0 Å². The monoisotopic (exact) mass is 420 g/mol. The summed E-state index contributed by atoms with van der Waals surface area (Å²) >= 11 is 0. The molecule has 4 N–H and O–H groups in total. The predicted octanol–water partition coefficient (Wildman–Crippen LogP) is 2.58. The zero-order valence-electron chi connectivity index (χ0n) is 17.1. The Labute approximate surface area is 177 Å². The van der Waals surface area contributed by atoms with E-state index in [4.69, 9.17) is 5.73 Å². The molecule has 2 amide bonds. The molecule has 0 aliphatic carbocycles. The van der Waals surface area contributed by atoms with E-state index in [1.807, 2.05) is 49.9 Å². The Morgan fingerprint density at radius 2 is 1.97 bits per heavy atom. The number of likely N-dealkylation sites (tertiary alicyclic amines) is 1. The Hall–Kier alpha value is -2.45. The summed E-state index contributed by atoms with van der Waals surface area (Å²) < 4.78 is 0. The van der Waals surface area contributed by atoms with Gasteiger partial charge in [0, 0.05) is 29.8 Å². The fourth-order valence-electron chi connectivity index (χ4n) is 3.31. The number of benzene rings is 1. The molecule has 158 valence electrons. The second-order valence-electron chi connectivity index (χ2n) is 8.22. The van der Waals surface area contributed by atoms with E-state index in [9.17, 15) is 9.59 Å². The van der Waals surface area contributed by atoms with E-state index >= 15 is 0 Å². The van der Waals surface area contributed by atoms with Gasteiger partial charge >= 0.3 is 0 Å². The van der Waals surface area contributed by atoms with Crippen LogP contribution in [0.1, 0.15) is 39.4 Å². The smallest absolute Gasteiger partial charge is 0.229 e. The van der Waals surface area contributed by atoms with E-state index in [2.05, 4.69) is 20.5 Å². The first kappa shape index (κ1) is 22.8. The number of carbonyl (C=O) groups excluding carboxylic acids is 2. The summed E-state index contributed by atoms with van der Waals surface area (Å²) in [4.78, 5) is 31.3. The lowest BCUT2D eigenvalue weighted by Gasteiger charge is -2.35. The highest BCUT2D eigenvalue weighted by Gasteiger charge is 2.33. The SMILES string of the molecule is CC(C)(C)C(=O)N1CCCC(C(=O)Nc2ccc(-c3n[nH]c(CN)n3)cc2)C1.Cl. The molecule has 1 aromatic carbocycles. The highest BCUT2D eigenvalue weighted by molar-refractivity contribution is 5.93. The van der Waals surface area contributed by atoms with Crippen molar-refractivity contribution in [1.82, 2.24) is 20.1 Å². The van der Waals surface area contributed by atoms with Crippen molar-refractivity contribution in [1.29, 1.82) is 0 Å². The lowest BCUT2D eigenvalue weighted by atomic mass is 9.91. The van der Waals surface area contributed by atoms with Crippen molar-refractivity contribution in [3.63, 3.8) is 0 Å². The predicted molar refractivity (Wildman–Crippen MR) is 114 cm³/mol. The molecule has 0 saturated carbocycles. The van der Waals surface area contributed by atoms with Crippen molar-refractivity contribution < 1.29 is 9.59 Å². The summed E-state index contributed by atoms with van der Waals surface area (Å²) in [7, 11) is 0. The van der Waals surface area contributed by atoms with Gasteiger partial charge in [-0.2, -0.15) is 5.10 Å². The van der Waals surface area contributed by atoms with Gasteiger partial charge in [-0.15, -0.1) is 12.4 Å². The van der Waals surface area contributed by atoms with Gasteiger partial charge in [-0.1, -0.05) is 20.8 Å². The van der Waals surface area contributed by atoms with E-state index in [1.165, 1.54) is 0 Å². The number of carbonyl (C=O) groups is 2. The van der Waals surface area contributed by atoms with Crippen LogP contribution in [-0.4, -0.2) is 45.0 Å². The minimum Gasteiger partial charge on any atom is -0.341 e. The Kier molecular flexibility index (Phi) is 7.37. The van der Waals surface area contributed by atoms with Gasteiger partial charge in [-0.3, -0.25) is 14.7 Å². The quantitative estimate of drug-likeness (QED) is 0.702. The number of rotatable bonds is 4. The molecule has 9 heteroatoms. The fourth-order valence-corrected chi connectivity index (χ4v) is 3.31. The maximum atomic E-state index is 12.7. The summed E-state index contributed by atoms with van der Waals surface area (Å²) in [5.74, 6) is 1.04. The highest BCUT2D eigenvalue weighted by atomic mass is 35.5. The molecular formula is C20H29ClN6O2. The number of halogens is 1. The minimum absolute atomic E-state index is 0. The van der Waals surface area contributed by atoms with Gasteiger partial charge in [0.25, 0.3) is 0 Å². The van der Waals surface area contributed by atoms with Crippen LogP contribution >= 0.6 is 12.4 Å². The van der Waals surface area contributed by atoms with Crippen molar-refractivity contribution in [2.24, 2.45) is 17.1 Å². The van der Waals surface area contributed by atoms with Crippen LogP contribution in [0.2, 0.25) is 0 Å². The summed E-state index contributed by atoms with van der Waals surface area (Å²) in [5, 5.41) is 9.86. The first-order chi connectivity index (χ1) is 13.3. The van der Waals surface area contributed by atoms with Gasteiger partial charge in [0.2, 0.25) is 11.8 Å². The number of aromatic nitrogens is 3. The van der Waals surface area contributed by atoms with Crippen LogP contribution in [0.4, 0.5) is 5.69 Å². The molecule has 0 bridgehead atoms. The first-order valence-electron chi connectivity index (χ1n) is 9.60. The molecule has 1 aliphatic rings. The number of piperidine rings is 1. The lowest BCUT2D eigenvalue weighted by molar-refractivity contribution is -0.142. The molecule has 1 aliphatic heterocycles. The number of hydrogen-bond donors (Lipinski definition) is 3. The maximum absolute atomic E-state index is 12.7. The average Bonchev–Trinajstić information content (AvgIpc) is 3.16. The molecule has 3 rings (SSSR count). The fraction of sp³-hybridized carbons (Fsp3) is 0.500. The van der Waals surface area contributed by atoms with Gasteiger partial charge in [-0.25, -0.2) is 4.98 Å². The molecule has 2 heterocycles.